The van der Waals surface area contributed by atoms with E-state index in [1.54, 1.807) is 6.20 Å². The molecule has 5 heteroatoms. The Morgan fingerprint density at radius 3 is 2.83 bits per heavy atom. The molecule has 0 bridgehead atoms. The van der Waals surface area contributed by atoms with Crippen molar-refractivity contribution in [3.05, 3.63) is 29.6 Å². The highest BCUT2D eigenvalue weighted by Gasteiger charge is 2.27. The van der Waals surface area contributed by atoms with Crippen LogP contribution in [0.1, 0.15) is 31.0 Å². The molecule has 2 heterocycles. The number of nitrogens with two attached hydrogens (primary N) is 1. The van der Waals surface area contributed by atoms with Crippen molar-refractivity contribution in [1.29, 1.82) is 0 Å². The molecular formula is C13H19N3OS. The second-order valence-electron chi connectivity index (χ2n) is 5.19. The molecule has 0 aromatic carbocycles. The van der Waals surface area contributed by atoms with Crippen molar-refractivity contribution in [1.82, 2.24) is 9.88 Å². The van der Waals surface area contributed by atoms with Crippen LogP contribution >= 0.6 is 12.2 Å². The maximum absolute atomic E-state index is 9.90. The van der Waals surface area contributed by atoms with Gasteiger partial charge in [-0.2, -0.15) is 0 Å². The molecule has 3 N–H and O–H groups in total. The Bertz CT molecular complexity index is 438. The van der Waals surface area contributed by atoms with Gasteiger partial charge in [0, 0.05) is 25.8 Å². The minimum Gasteiger partial charge on any atom is -0.390 e. The highest BCUT2D eigenvalue weighted by Crippen LogP contribution is 2.22. The summed E-state index contributed by atoms with van der Waals surface area (Å²) in [5.41, 5.74) is 6.91. The summed E-state index contributed by atoms with van der Waals surface area (Å²) in [6, 6.07) is 3.92. The molecule has 18 heavy (non-hydrogen) atoms. The molecule has 0 aliphatic carbocycles. The summed E-state index contributed by atoms with van der Waals surface area (Å²) in [4.78, 5) is 6.79. The summed E-state index contributed by atoms with van der Waals surface area (Å²) in [7, 11) is 0. The molecule has 0 unspecified atom stereocenters. The predicted molar refractivity (Wildman–Crippen MR) is 75.3 cm³/mol. The van der Waals surface area contributed by atoms with Gasteiger partial charge in [-0.15, -0.1) is 0 Å². The van der Waals surface area contributed by atoms with Gasteiger partial charge >= 0.3 is 0 Å². The van der Waals surface area contributed by atoms with Crippen molar-refractivity contribution >= 4 is 17.2 Å². The summed E-state index contributed by atoms with van der Waals surface area (Å²) in [6.45, 7) is 4.59. The zero-order chi connectivity index (χ0) is 13.2. The van der Waals surface area contributed by atoms with Crippen LogP contribution in [0.15, 0.2) is 18.3 Å². The van der Waals surface area contributed by atoms with Crippen LogP contribution in [0.25, 0.3) is 0 Å². The predicted octanol–water partition coefficient (Wildman–Crippen LogP) is 1.06. The number of thiocarbonyl (C=S) groups is 1. The van der Waals surface area contributed by atoms with E-state index in [0.717, 1.165) is 38.0 Å². The maximum Gasteiger partial charge on any atom is 0.122 e. The smallest absolute Gasteiger partial charge is 0.122 e. The van der Waals surface area contributed by atoms with Crippen LogP contribution in [0, 0.1) is 0 Å². The lowest BCUT2D eigenvalue weighted by atomic mass is 9.93. The van der Waals surface area contributed by atoms with Crippen molar-refractivity contribution in [2.75, 3.05) is 13.1 Å². The number of nitrogens with zero attached hydrogens (tertiary/aromatic N) is 2. The Hall–Kier alpha value is -1.04. The second kappa shape index (κ2) is 5.30. The molecule has 0 radical (unpaired) electrons. The molecule has 1 aromatic heterocycles. The molecule has 1 aromatic rings. The van der Waals surface area contributed by atoms with Crippen LogP contribution in [-0.4, -0.2) is 38.7 Å². The summed E-state index contributed by atoms with van der Waals surface area (Å²) >= 11 is 4.92. The lowest BCUT2D eigenvalue weighted by Crippen LogP contribution is -2.41. The Kier molecular flexibility index (Phi) is 3.94. The number of pyridine rings is 1. The normalized spacial score (nSPS) is 19.7. The van der Waals surface area contributed by atoms with Crippen LogP contribution in [0.2, 0.25) is 0 Å². The fraction of sp³-hybridized carbons (Fsp3) is 0.538. The van der Waals surface area contributed by atoms with Crippen molar-refractivity contribution in [2.45, 2.75) is 31.9 Å². The van der Waals surface area contributed by atoms with Gasteiger partial charge in [0.15, 0.2) is 0 Å². The Morgan fingerprint density at radius 2 is 2.22 bits per heavy atom. The average molecular weight is 265 g/mol. The van der Waals surface area contributed by atoms with Crippen molar-refractivity contribution in [3.63, 3.8) is 0 Å². The third-order valence-electron chi connectivity index (χ3n) is 3.42. The fourth-order valence-electron chi connectivity index (χ4n) is 2.16. The number of piperidine rings is 1. The summed E-state index contributed by atoms with van der Waals surface area (Å²) in [5, 5.41) is 9.90. The molecule has 1 fully saturated rings. The second-order valence-corrected chi connectivity index (χ2v) is 5.63. The maximum atomic E-state index is 9.90. The van der Waals surface area contributed by atoms with Crippen LogP contribution < -0.4 is 5.73 Å². The van der Waals surface area contributed by atoms with Gasteiger partial charge in [-0.1, -0.05) is 12.2 Å². The molecule has 0 spiro atoms. The monoisotopic (exact) mass is 265 g/mol. The third kappa shape index (κ3) is 3.48. The van der Waals surface area contributed by atoms with Crippen molar-refractivity contribution < 1.29 is 5.11 Å². The van der Waals surface area contributed by atoms with Gasteiger partial charge in [0.2, 0.25) is 0 Å². The molecular weight excluding hydrogens is 246 g/mol. The first kappa shape index (κ1) is 13.4. The number of hydrogen-bond donors (Lipinski definition) is 2. The SMILES string of the molecule is CC1(O)CCN(Cc2ccnc(C(N)=S)c2)CC1. The van der Waals surface area contributed by atoms with Gasteiger partial charge in [0.05, 0.1) is 11.3 Å². The van der Waals surface area contributed by atoms with Gasteiger partial charge < -0.3 is 10.8 Å². The van der Waals surface area contributed by atoms with Gasteiger partial charge in [-0.25, -0.2) is 0 Å². The van der Waals surface area contributed by atoms with Crippen LogP contribution in [0.5, 0.6) is 0 Å². The molecule has 0 atom stereocenters. The van der Waals surface area contributed by atoms with Crippen LogP contribution in [0.4, 0.5) is 0 Å². The number of rotatable bonds is 3. The van der Waals surface area contributed by atoms with E-state index in [2.05, 4.69) is 9.88 Å². The van der Waals surface area contributed by atoms with E-state index in [0.29, 0.717) is 10.7 Å². The lowest BCUT2D eigenvalue weighted by Gasteiger charge is -2.35. The van der Waals surface area contributed by atoms with Gasteiger partial charge in [-0.3, -0.25) is 9.88 Å². The molecule has 4 nitrogen and oxygen atoms in total. The number of likely N-dealkylation sites (tertiary alicyclic amines) is 1. The number of aromatic nitrogens is 1. The minimum atomic E-state index is -0.501. The lowest BCUT2D eigenvalue weighted by molar-refractivity contribution is -0.00730. The topological polar surface area (TPSA) is 62.4 Å². The molecule has 98 valence electrons. The van der Waals surface area contributed by atoms with E-state index in [1.807, 2.05) is 19.1 Å². The first-order chi connectivity index (χ1) is 8.46. The summed E-state index contributed by atoms with van der Waals surface area (Å²) < 4.78 is 0. The quantitative estimate of drug-likeness (QED) is 0.800. The zero-order valence-corrected chi connectivity index (χ0v) is 11.4. The largest absolute Gasteiger partial charge is 0.390 e. The van der Waals surface area contributed by atoms with Crippen LogP contribution in [-0.2, 0) is 6.54 Å². The summed E-state index contributed by atoms with van der Waals surface area (Å²) in [6.07, 6.45) is 3.38. The molecule has 0 saturated carbocycles. The minimum absolute atomic E-state index is 0.332. The Morgan fingerprint density at radius 1 is 1.56 bits per heavy atom. The van der Waals surface area contributed by atoms with Gasteiger partial charge in [0.25, 0.3) is 0 Å². The van der Waals surface area contributed by atoms with E-state index < -0.39 is 5.60 Å². The van der Waals surface area contributed by atoms with Crippen molar-refractivity contribution in [3.8, 4) is 0 Å². The van der Waals surface area contributed by atoms with E-state index in [-0.39, 0.29) is 0 Å². The fourth-order valence-corrected chi connectivity index (χ4v) is 2.27. The van der Waals surface area contributed by atoms with E-state index in [1.165, 1.54) is 0 Å². The van der Waals surface area contributed by atoms with E-state index in [9.17, 15) is 5.11 Å². The Labute approximate surface area is 113 Å². The third-order valence-corrected chi connectivity index (χ3v) is 3.63. The highest BCUT2D eigenvalue weighted by atomic mass is 32.1. The first-order valence-electron chi connectivity index (χ1n) is 6.16. The van der Waals surface area contributed by atoms with E-state index >= 15 is 0 Å². The highest BCUT2D eigenvalue weighted by molar-refractivity contribution is 7.80. The van der Waals surface area contributed by atoms with Gasteiger partial charge in [-0.05, 0) is 37.5 Å². The van der Waals surface area contributed by atoms with Crippen LogP contribution in [0.3, 0.4) is 0 Å². The molecule has 1 aliphatic rings. The van der Waals surface area contributed by atoms with E-state index in [4.69, 9.17) is 18.0 Å². The van der Waals surface area contributed by atoms with Crippen molar-refractivity contribution in [2.24, 2.45) is 5.73 Å². The summed E-state index contributed by atoms with van der Waals surface area (Å²) in [5.74, 6) is 0. The first-order valence-corrected chi connectivity index (χ1v) is 6.57. The molecule has 1 aliphatic heterocycles. The Balaban J connectivity index is 1.98. The average Bonchev–Trinajstić information content (AvgIpc) is 2.32. The number of hydrogen-bond acceptors (Lipinski definition) is 4. The zero-order valence-electron chi connectivity index (χ0n) is 10.6. The number of aliphatic hydroxyl groups is 1. The standard InChI is InChI=1S/C13H19N3OS/c1-13(17)3-6-16(7-4-13)9-10-2-5-15-11(8-10)12(14)18/h2,5,8,17H,3-4,6-7,9H2,1H3,(H2,14,18). The van der Waals surface area contributed by atoms with Gasteiger partial charge in [0.1, 0.15) is 4.99 Å². The molecule has 2 rings (SSSR count). The molecule has 0 amide bonds. The molecule has 1 saturated heterocycles.